The van der Waals surface area contributed by atoms with Gasteiger partial charge in [-0.3, -0.25) is 0 Å². The Kier molecular flexibility index (Phi) is 7.50. The second kappa shape index (κ2) is 10.1. The molecule has 4 aliphatic heterocycles. The van der Waals surface area contributed by atoms with E-state index in [1.54, 1.807) is 0 Å². The molecule has 8 atom stereocenters. The first-order valence-electron chi connectivity index (χ1n) is 9.90. The van der Waals surface area contributed by atoms with Crippen LogP contribution >= 0.6 is 0 Å². The zero-order valence-electron chi connectivity index (χ0n) is 15.9. The molecule has 0 amide bonds. The molecule has 4 aliphatic rings. The predicted octanol–water partition coefficient (Wildman–Crippen LogP) is -1.89. The molecule has 0 aromatic heterocycles. The zero-order valence-corrected chi connectivity index (χ0v) is 15.9. The SMILES string of the molecule is OC(COCC1CO1)C(OCC1CO1)C(O)C(COCC1CO1)OCC1CO1. The summed E-state index contributed by atoms with van der Waals surface area (Å²) in [6.45, 7) is 4.34. The number of aliphatic hydroxyl groups is 2. The summed E-state index contributed by atoms with van der Waals surface area (Å²) in [5.41, 5.74) is 0. The van der Waals surface area contributed by atoms with E-state index in [2.05, 4.69) is 0 Å². The van der Waals surface area contributed by atoms with Crippen LogP contribution in [0.15, 0.2) is 0 Å². The summed E-state index contributed by atoms with van der Waals surface area (Å²) in [4.78, 5) is 0. The van der Waals surface area contributed by atoms with Gasteiger partial charge in [-0.25, -0.2) is 0 Å². The highest BCUT2D eigenvalue weighted by atomic mass is 16.6. The average Bonchev–Trinajstić information content (AvgIpc) is 3.53. The van der Waals surface area contributed by atoms with Gasteiger partial charge in [0, 0.05) is 0 Å². The second-order valence-corrected chi connectivity index (χ2v) is 7.62. The number of hydrogen-bond donors (Lipinski definition) is 2. The molecule has 10 heteroatoms. The van der Waals surface area contributed by atoms with E-state index in [0.717, 1.165) is 0 Å². The third-order valence-electron chi connectivity index (χ3n) is 4.86. The smallest absolute Gasteiger partial charge is 0.114 e. The van der Waals surface area contributed by atoms with Crippen LogP contribution in [0.25, 0.3) is 0 Å². The largest absolute Gasteiger partial charge is 0.388 e. The minimum absolute atomic E-state index is 0.00480. The molecule has 4 fully saturated rings. The summed E-state index contributed by atoms with van der Waals surface area (Å²) < 4.78 is 43.2. The fraction of sp³-hybridized carbons (Fsp3) is 1.00. The minimum atomic E-state index is -1.10. The standard InChI is InChI=1S/C18H30O10/c19-15(9-21-1-11-3-23-11)18(28-8-14-6-26-14)17(20)16(27-7-13-5-25-13)10-22-2-12-4-24-12/h11-20H,1-10H2. The van der Waals surface area contributed by atoms with E-state index >= 15 is 0 Å². The van der Waals surface area contributed by atoms with Crippen LogP contribution in [0.5, 0.6) is 0 Å². The molecule has 0 radical (unpaired) electrons. The Morgan fingerprint density at radius 2 is 1.14 bits per heavy atom. The van der Waals surface area contributed by atoms with E-state index in [9.17, 15) is 10.2 Å². The van der Waals surface area contributed by atoms with E-state index in [0.29, 0.717) is 52.9 Å². The lowest BCUT2D eigenvalue weighted by Gasteiger charge is -2.32. The first-order valence-corrected chi connectivity index (χ1v) is 9.90. The van der Waals surface area contributed by atoms with Crippen molar-refractivity contribution < 1.29 is 48.1 Å². The molecule has 0 saturated carbocycles. The summed E-state index contributed by atoms with van der Waals surface area (Å²) in [5.74, 6) is 0. The number of epoxide rings is 4. The van der Waals surface area contributed by atoms with Gasteiger partial charge in [-0.05, 0) is 0 Å². The lowest BCUT2D eigenvalue weighted by Crippen LogP contribution is -2.51. The quantitative estimate of drug-likeness (QED) is 0.265. The van der Waals surface area contributed by atoms with Gasteiger partial charge in [0.2, 0.25) is 0 Å². The summed E-state index contributed by atoms with van der Waals surface area (Å²) in [6.07, 6.45) is -3.42. The van der Waals surface area contributed by atoms with Crippen molar-refractivity contribution in [1.82, 2.24) is 0 Å². The van der Waals surface area contributed by atoms with Gasteiger partial charge in [0.15, 0.2) is 0 Å². The van der Waals surface area contributed by atoms with Crippen molar-refractivity contribution >= 4 is 0 Å². The summed E-state index contributed by atoms with van der Waals surface area (Å²) >= 11 is 0. The van der Waals surface area contributed by atoms with Crippen LogP contribution < -0.4 is 0 Å². The van der Waals surface area contributed by atoms with Crippen molar-refractivity contribution in [2.75, 3.05) is 66.1 Å². The molecule has 28 heavy (non-hydrogen) atoms. The van der Waals surface area contributed by atoms with Crippen LogP contribution in [0.1, 0.15) is 0 Å². The average molecular weight is 406 g/mol. The van der Waals surface area contributed by atoms with Gasteiger partial charge in [-0.2, -0.15) is 0 Å². The molecule has 0 bridgehead atoms. The third-order valence-corrected chi connectivity index (χ3v) is 4.86. The van der Waals surface area contributed by atoms with Crippen molar-refractivity contribution in [3.8, 4) is 0 Å². The lowest BCUT2D eigenvalue weighted by atomic mass is 10.0. The second-order valence-electron chi connectivity index (χ2n) is 7.62. The highest BCUT2D eigenvalue weighted by molar-refractivity contribution is 4.86. The Morgan fingerprint density at radius 1 is 0.679 bits per heavy atom. The molecule has 4 rings (SSSR count). The third kappa shape index (κ3) is 7.45. The van der Waals surface area contributed by atoms with Crippen LogP contribution in [-0.2, 0) is 37.9 Å². The first-order chi connectivity index (χ1) is 13.7. The van der Waals surface area contributed by atoms with Crippen LogP contribution in [0.4, 0.5) is 0 Å². The monoisotopic (exact) mass is 406 g/mol. The van der Waals surface area contributed by atoms with E-state index in [1.807, 2.05) is 0 Å². The Bertz CT molecular complexity index is 463. The maximum absolute atomic E-state index is 10.9. The van der Waals surface area contributed by atoms with E-state index < -0.39 is 24.4 Å². The molecule has 0 aliphatic carbocycles. The van der Waals surface area contributed by atoms with E-state index in [4.69, 9.17) is 37.9 Å². The number of ether oxygens (including phenoxy) is 8. The van der Waals surface area contributed by atoms with Gasteiger partial charge in [-0.15, -0.1) is 0 Å². The Morgan fingerprint density at radius 3 is 1.68 bits per heavy atom. The van der Waals surface area contributed by atoms with Crippen molar-refractivity contribution in [3.63, 3.8) is 0 Å². The molecule has 8 unspecified atom stereocenters. The Labute approximate surface area is 163 Å². The predicted molar refractivity (Wildman–Crippen MR) is 92.1 cm³/mol. The van der Waals surface area contributed by atoms with Crippen molar-refractivity contribution in [3.05, 3.63) is 0 Å². The van der Waals surface area contributed by atoms with Crippen molar-refractivity contribution in [2.24, 2.45) is 0 Å². The van der Waals surface area contributed by atoms with Crippen LogP contribution in [0.3, 0.4) is 0 Å². The van der Waals surface area contributed by atoms with Crippen LogP contribution in [0.2, 0.25) is 0 Å². The molecule has 162 valence electrons. The fourth-order valence-electron chi connectivity index (χ4n) is 2.73. The van der Waals surface area contributed by atoms with Gasteiger partial charge in [0.05, 0.1) is 66.1 Å². The molecule has 4 saturated heterocycles. The molecule has 0 aromatic rings. The molecule has 2 N–H and O–H groups in total. The van der Waals surface area contributed by atoms with Crippen LogP contribution in [0, 0.1) is 0 Å². The Balaban J connectivity index is 1.29. The molecule has 10 nitrogen and oxygen atoms in total. The minimum Gasteiger partial charge on any atom is -0.388 e. The molecule has 4 heterocycles. The van der Waals surface area contributed by atoms with E-state index in [1.165, 1.54) is 0 Å². The maximum Gasteiger partial charge on any atom is 0.114 e. The van der Waals surface area contributed by atoms with Crippen molar-refractivity contribution in [1.29, 1.82) is 0 Å². The molecule has 0 aromatic carbocycles. The highest BCUT2D eigenvalue weighted by Crippen LogP contribution is 2.20. The normalized spacial score (nSPS) is 34.5. The summed E-state index contributed by atoms with van der Waals surface area (Å²) in [6, 6.07) is 0. The van der Waals surface area contributed by atoms with Gasteiger partial charge in [0.25, 0.3) is 0 Å². The fourth-order valence-corrected chi connectivity index (χ4v) is 2.73. The van der Waals surface area contributed by atoms with Gasteiger partial charge in [0.1, 0.15) is 48.8 Å². The van der Waals surface area contributed by atoms with Gasteiger partial charge in [-0.1, -0.05) is 0 Å². The molecular formula is C18H30O10. The lowest BCUT2D eigenvalue weighted by molar-refractivity contribution is -0.171. The van der Waals surface area contributed by atoms with Gasteiger partial charge < -0.3 is 48.1 Å². The number of aliphatic hydroxyl groups excluding tert-OH is 2. The topological polar surface area (TPSA) is 128 Å². The number of rotatable bonds is 17. The summed E-state index contributed by atoms with van der Waals surface area (Å²) in [7, 11) is 0. The molecular weight excluding hydrogens is 376 g/mol. The summed E-state index contributed by atoms with van der Waals surface area (Å²) in [5, 5.41) is 21.5. The van der Waals surface area contributed by atoms with Crippen molar-refractivity contribution in [2.45, 2.75) is 48.8 Å². The van der Waals surface area contributed by atoms with Crippen LogP contribution in [-0.4, -0.2) is 125 Å². The van der Waals surface area contributed by atoms with Gasteiger partial charge >= 0.3 is 0 Å². The maximum atomic E-state index is 10.9. The zero-order chi connectivity index (χ0) is 19.3. The van der Waals surface area contributed by atoms with E-state index in [-0.39, 0.29) is 37.6 Å². The Hall–Kier alpha value is -0.400. The number of hydrogen-bond acceptors (Lipinski definition) is 10. The molecule has 0 spiro atoms. The first kappa shape index (κ1) is 20.9. The highest BCUT2D eigenvalue weighted by Gasteiger charge is 2.38.